The van der Waals surface area contributed by atoms with Gasteiger partial charge in [-0.25, -0.2) is 0 Å². The molecule has 2 amide bonds. The van der Waals surface area contributed by atoms with Gasteiger partial charge in [0.25, 0.3) is 5.91 Å². The summed E-state index contributed by atoms with van der Waals surface area (Å²) in [5.74, 6) is -0.774. The summed E-state index contributed by atoms with van der Waals surface area (Å²) in [7, 11) is 0. The number of rotatable bonds is 5. The molecular formula is C26H19BrClN3O2S. The van der Waals surface area contributed by atoms with Crippen LogP contribution in [0.5, 0.6) is 0 Å². The molecule has 0 spiro atoms. The smallest absolute Gasteiger partial charge is 0.269 e. The van der Waals surface area contributed by atoms with Gasteiger partial charge in [-0.3, -0.25) is 14.5 Å². The van der Waals surface area contributed by atoms with Crippen LogP contribution in [-0.4, -0.2) is 17.1 Å². The second-order valence-corrected chi connectivity index (χ2v) is 10.2. The number of halogens is 2. The van der Waals surface area contributed by atoms with Crippen molar-refractivity contribution in [3.63, 3.8) is 0 Å². The third-order valence-electron chi connectivity index (χ3n) is 5.26. The third kappa shape index (κ3) is 5.20. The van der Waals surface area contributed by atoms with Crippen LogP contribution in [0, 0.1) is 18.3 Å². The number of hydrogen-bond acceptors (Lipinski definition) is 4. The Morgan fingerprint density at radius 3 is 2.44 bits per heavy atom. The van der Waals surface area contributed by atoms with Crippen LogP contribution in [0.1, 0.15) is 11.1 Å². The zero-order chi connectivity index (χ0) is 24.2. The van der Waals surface area contributed by atoms with E-state index in [1.807, 2.05) is 55.5 Å². The lowest BCUT2D eigenvalue weighted by Gasteiger charge is -2.19. The molecule has 4 rings (SSSR count). The van der Waals surface area contributed by atoms with E-state index in [2.05, 4.69) is 21.2 Å². The van der Waals surface area contributed by atoms with Crippen LogP contribution < -0.4 is 10.2 Å². The molecule has 8 heteroatoms. The van der Waals surface area contributed by atoms with E-state index < -0.39 is 11.2 Å². The Labute approximate surface area is 215 Å². The number of aryl methyl sites for hydroxylation is 1. The van der Waals surface area contributed by atoms with Gasteiger partial charge in [0.05, 0.1) is 5.25 Å². The van der Waals surface area contributed by atoms with Gasteiger partial charge in [-0.2, -0.15) is 5.26 Å². The summed E-state index contributed by atoms with van der Waals surface area (Å²) in [4.78, 5) is 28.1. The molecule has 1 saturated heterocycles. The molecule has 0 saturated carbocycles. The van der Waals surface area contributed by atoms with Crippen molar-refractivity contribution in [2.45, 2.75) is 18.6 Å². The Kier molecular flexibility index (Phi) is 7.42. The fourth-order valence-corrected chi connectivity index (χ4v) is 5.28. The first-order valence-corrected chi connectivity index (χ1v) is 12.4. The van der Waals surface area contributed by atoms with Crippen molar-refractivity contribution in [1.82, 2.24) is 0 Å². The summed E-state index contributed by atoms with van der Waals surface area (Å²) in [6, 6.07) is 23.8. The Hall–Kier alpha value is -3.05. The highest BCUT2D eigenvalue weighted by atomic mass is 79.9. The number of nitrogens with one attached hydrogen (secondary N) is 1. The van der Waals surface area contributed by atoms with Gasteiger partial charge >= 0.3 is 0 Å². The molecule has 1 aliphatic heterocycles. The van der Waals surface area contributed by atoms with Crippen LogP contribution in [-0.2, 0) is 16.0 Å². The molecule has 0 aliphatic carbocycles. The van der Waals surface area contributed by atoms with E-state index in [9.17, 15) is 14.9 Å². The third-order valence-corrected chi connectivity index (χ3v) is 7.42. The van der Waals surface area contributed by atoms with Gasteiger partial charge in [-0.15, -0.1) is 0 Å². The average Bonchev–Trinajstić information content (AvgIpc) is 3.13. The van der Waals surface area contributed by atoms with E-state index in [1.54, 1.807) is 30.3 Å². The van der Waals surface area contributed by atoms with Gasteiger partial charge < -0.3 is 5.32 Å². The van der Waals surface area contributed by atoms with Crippen LogP contribution in [0.3, 0.4) is 0 Å². The summed E-state index contributed by atoms with van der Waals surface area (Å²) >= 11 is 10.9. The first kappa shape index (κ1) is 24.1. The summed E-state index contributed by atoms with van der Waals surface area (Å²) in [5, 5.41) is 13.1. The molecule has 0 aromatic heterocycles. The zero-order valence-corrected chi connectivity index (χ0v) is 21.2. The van der Waals surface area contributed by atoms with Gasteiger partial charge in [-0.1, -0.05) is 75.2 Å². The van der Waals surface area contributed by atoms with Crippen molar-refractivity contribution < 1.29 is 9.59 Å². The Morgan fingerprint density at radius 2 is 1.79 bits per heavy atom. The van der Waals surface area contributed by atoms with Crippen LogP contribution in [0.15, 0.2) is 87.9 Å². The lowest BCUT2D eigenvalue weighted by atomic mass is 10.1. The average molecular weight is 553 g/mol. The fourth-order valence-electron chi connectivity index (χ4n) is 3.51. The quantitative estimate of drug-likeness (QED) is 0.291. The van der Waals surface area contributed by atoms with Gasteiger partial charge in [-0.05, 0) is 61.4 Å². The number of anilines is 2. The highest BCUT2D eigenvalue weighted by Crippen LogP contribution is 2.42. The van der Waals surface area contributed by atoms with E-state index in [0.29, 0.717) is 27.8 Å². The van der Waals surface area contributed by atoms with E-state index in [-0.39, 0.29) is 11.5 Å². The predicted octanol–water partition coefficient (Wildman–Crippen LogP) is 6.48. The molecule has 3 aromatic rings. The minimum atomic E-state index is -0.573. The number of nitriles is 1. The maximum Gasteiger partial charge on any atom is 0.269 e. The number of carbonyl (C=O) groups excluding carboxylic acids is 2. The minimum absolute atomic E-state index is 0.122. The van der Waals surface area contributed by atoms with E-state index >= 15 is 0 Å². The Morgan fingerprint density at radius 1 is 1.12 bits per heavy atom. The van der Waals surface area contributed by atoms with Crippen molar-refractivity contribution in [2.24, 2.45) is 0 Å². The molecule has 1 heterocycles. The van der Waals surface area contributed by atoms with Crippen molar-refractivity contribution in [2.75, 3.05) is 10.2 Å². The largest absolute Gasteiger partial charge is 0.321 e. The fraction of sp³-hybridized carbons (Fsp3) is 0.115. The first-order chi connectivity index (χ1) is 16.4. The molecule has 34 heavy (non-hydrogen) atoms. The number of hydrogen-bond donors (Lipinski definition) is 1. The molecule has 0 bridgehead atoms. The Balaban J connectivity index is 1.73. The topological polar surface area (TPSA) is 73.2 Å². The van der Waals surface area contributed by atoms with Crippen LogP contribution in [0.25, 0.3) is 0 Å². The van der Waals surface area contributed by atoms with Crippen molar-refractivity contribution in [1.29, 1.82) is 5.26 Å². The lowest BCUT2D eigenvalue weighted by Crippen LogP contribution is -2.31. The summed E-state index contributed by atoms with van der Waals surface area (Å²) in [6.45, 7) is 1.95. The molecular weight excluding hydrogens is 534 g/mol. The van der Waals surface area contributed by atoms with E-state index in [1.165, 1.54) is 16.7 Å². The summed E-state index contributed by atoms with van der Waals surface area (Å²) < 4.78 is 0.870. The second-order valence-electron chi connectivity index (χ2n) is 7.66. The van der Waals surface area contributed by atoms with Gasteiger partial charge in [0.15, 0.2) is 0 Å². The maximum absolute atomic E-state index is 13.5. The van der Waals surface area contributed by atoms with Gasteiger partial charge in [0.1, 0.15) is 16.7 Å². The molecule has 1 atom stereocenters. The Bertz CT molecular complexity index is 1320. The molecule has 5 nitrogen and oxygen atoms in total. The van der Waals surface area contributed by atoms with Gasteiger partial charge in [0.2, 0.25) is 5.91 Å². The highest BCUT2D eigenvalue weighted by molar-refractivity contribution is 9.10. The number of thioether (sulfide) groups is 1. The molecule has 3 aromatic carbocycles. The molecule has 0 unspecified atom stereocenters. The number of nitrogens with zero attached hydrogens (tertiary/aromatic N) is 2. The maximum atomic E-state index is 13.5. The first-order valence-electron chi connectivity index (χ1n) is 10.4. The van der Waals surface area contributed by atoms with Crippen molar-refractivity contribution >= 4 is 62.5 Å². The van der Waals surface area contributed by atoms with E-state index in [4.69, 9.17) is 11.6 Å². The molecule has 170 valence electrons. The van der Waals surface area contributed by atoms with Crippen LogP contribution in [0.2, 0.25) is 5.02 Å². The molecule has 1 fully saturated rings. The van der Waals surface area contributed by atoms with Crippen molar-refractivity contribution in [3.05, 3.63) is 104 Å². The summed E-state index contributed by atoms with van der Waals surface area (Å²) in [5.41, 5.74) is 2.89. The second kappa shape index (κ2) is 10.5. The number of carbonyl (C=O) groups is 2. The molecule has 1 N–H and O–H groups in total. The minimum Gasteiger partial charge on any atom is -0.321 e. The van der Waals surface area contributed by atoms with Gasteiger partial charge in [0, 0.05) is 20.9 Å². The highest BCUT2D eigenvalue weighted by Gasteiger charge is 2.41. The van der Waals surface area contributed by atoms with Crippen LogP contribution >= 0.6 is 39.3 Å². The van der Waals surface area contributed by atoms with Crippen LogP contribution in [0.4, 0.5) is 11.4 Å². The lowest BCUT2D eigenvalue weighted by molar-refractivity contribution is -0.117. The van der Waals surface area contributed by atoms with E-state index in [0.717, 1.165) is 15.6 Å². The SMILES string of the molecule is Cc1ccc(N2C(=O)[C@@H](Cc3ccccc3Cl)S/C2=C(/C#N)C(=O)Nc2ccc(Br)cc2)cc1. The predicted molar refractivity (Wildman–Crippen MR) is 141 cm³/mol. The monoisotopic (exact) mass is 551 g/mol. The van der Waals surface area contributed by atoms with Crippen molar-refractivity contribution in [3.8, 4) is 6.07 Å². The zero-order valence-electron chi connectivity index (χ0n) is 18.1. The molecule has 1 aliphatic rings. The standard InChI is InChI=1S/C26H19BrClN3O2S/c1-16-6-12-20(13-7-16)31-25(33)23(14-17-4-2-3-5-22(17)28)34-26(31)21(15-29)24(32)30-19-10-8-18(27)9-11-19/h2-13,23H,14H2,1H3,(H,30,32)/b26-21-/t23-/m1/s1. The number of amides is 2. The normalized spacial score (nSPS) is 16.8. The number of benzene rings is 3. The molecule has 0 radical (unpaired) electrons. The summed E-state index contributed by atoms with van der Waals surface area (Å²) in [6.07, 6.45) is 0.377.